The third kappa shape index (κ3) is 5.33. The molecule has 0 radical (unpaired) electrons. The average molecular weight is 423 g/mol. The van der Waals surface area contributed by atoms with Crippen molar-refractivity contribution in [2.75, 3.05) is 5.32 Å². The van der Waals surface area contributed by atoms with Gasteiger partial charge in [0.2, 0.25) is 0 Å². The third-order valence-electron chi connectivity index (χ3n) is 4.19. The predicted octanol–water partition coefficient (Wildman–Crippen LogP) is 5.28. The lowest BCUT2D eigenvalue weighted by atomic mass is 10.2. The summed E-state index contributed by atoms with van der Waals surface area (Å²) in [6.07, 6.45) is 1.69. The first-order valence-electron chi connectivity index (χ1n) is 9.23. The van der Waals surface area contributed by atoms with Crippen molar-refractivity contribution in [2.24, 2.45) is 0 Å². The van der Waals surface area contributed by atoms with Crippen LogP contribution in [0.1, 0.15) is 11.3 Å². The monoisotopic (exact) mass is 423 g/mol. The second kappa shape index (κ2) is 8.78. The molecule has 0 amide bonds. The maximum Gasteiger partial charge on any atom is 0.433 e. The molecule has 0 aliphatic rings. The van der Waals surface area contributed by atoms with Gasteiger partial charge in [-0.25, -0.2) is 9.97 Å². The van der Waals surface area contributed by atoms with E-state index < -0.39 is 11.9 Å². The Morgan fingerprint density at radius 3 is 2.45 bits per heavy atom. The van der Waals surface area contributed by atoms with E-state index in [-0.39, 0.29) is 11.6 Å². The molecule has 0 fully saturated rings. The maximum absolute atomic E-state index is 13.4. The lowest BCUT2D eigenvalue weighted by Crippen LogP contribution is -2.11. The number of ether oxygens (including phenoxy) is 1. The first-order valence-corrected chi connectivity index (χ1v) is 9.23. The summed E-state index contributed by atoms with van der Waals surface area (Å²) in [6, 6.07) is 14.5. The van der Waals surface area contributed by atoms with Crippen LogP contribution in [0.15, 0.2) is 79.4 Å². The van der Waals surface area contributed by atoms with Crippen molar-refractivity contribution in [3.05, 3.63) is 90.6 Å². The first-order chi connectivity index (χ1) is 15.0. The van der Waals surface area contributed by atoms with Crippen molar-refractivity contribution >= 4 is 11.5 Å². The van der Waals surface area contributed by atoms with Crippen LogP contribution in [0.4, 0.5) is 24.7 Å². The molecule has 3 aromatic heterocycles. The van der Waals surface area contributed by atoms with E-state index in [4.69, 9.17) is 4.74 Å². The molecule has 4 rings (SSSR count). The summed E-state index contributed by atoms with van der Waals surface area (Å²) in [5.74, 6) is 0.510. The van der Waals surface area contributed by atoms with E-state index in [1.54, 1.807) is 48.8 Å². The summed E-state index contributed by atoms with van der Waals surface area (Å²) in [5.41, 5.74) is 0.808. The summed E-state index contributed by atoms with van der Waals surface area (Å²) >= 11 is 0. The van der Waals surface area contributed by atoms with Crippen molar-refractivity contribution in [1.82, 2.24) is 19.9 Å². The van der Waals surface area contributed by atoms with Crippen LogP contribution >= 0.6 is 0 Å². The van der Waals surface area contributed by atoms with Gasteiger partial charge >= 0.3 is 6.18 Å². The van der Waals surface area contributed by atoms with Gasteiger partial charge in [0, 0.05) is 53.7 Å². The molecule has 6 nitrogen and oxygen atoms in total. The van der Waals surface area contributed by atoms with Gasteiger partial charge in [-0.15, -0.1) is 0 Å². The zero-order valence-electron chi connectivity index (χ0n) is 16.0. The Morgan fingerprint density at radius 2 is 1.71 bits per heavy atom. The Labute approximate surface area is 175 Å². The quantitative estimate of drug-likeness (QED) is 0.455. The molecular formula is C22H16F3N5O. The smallest absolute Gasteiger partial charge is 0.433 e. The normalized spacial score (nSPS) is 11.2. The van der Waals surface area contributed by atoms with E-state index >= 15 is 0 Å². The Kier molecular flexibility index (Phi) is 5.74. The molecule has 0 unspecified atom stereocenters. The Hall–Kier alpha value is -4.01. The van der Waals surface area contributed by atoms with E-state index in [9.17, 15) is 13.2 Å². The minimum Gasteiger partial charge on any atom is -0.489 e. The highest BCUT2D eigenvalue weighted by molar-refractivity contribution is 5.62. The number of hydrogen-bond donors (Lipinski definition) is 1. The van der Waals surface area contributed by atoms with Crippen LogP contribution in [0.5, 0.6) is 5.75 Å². The molecule has 1 N–H and O–H groups in total. The van der Waals surface area contributed by atoms with Gasteiger partial charge in [0.15, 0.2) is 11.5 Å². The maximum atomic E-state index is 13.4. The van der Waals surface area contributed by atoms with Crippen molar-refractivity contribution in [1.29, 1.82) is 0 Å². The van der Waals surface area contributed by atoms with Crippen molar-refractivity contribution in [2.45, 2.75) is 12.8 Å². The standard InChI is InChI=1S/C22H16F3N5O/c23-22(24,25)19-12-20(30-21(29-19)16-6-9-26-10-7-16)28-17-4-1-5-18(11-17)31-14-15-3-2-8-27-13-15/h1-13H,14H2,(H,28,29,30). The first kappa shape index (κ1) is 20.3. The average Bonchev–Trinajstić information content (AvgIpc) is 2.78. The number of benzene rings is 1. The molecule has 0 saturated heterocycles. The molecule has 156 valence electrons. The second-order valence-electron chi connectivity index (χ2n) is 6.50. The van der Waals surface area contributed by atoms with E-state index in [1.165, 1.54) is 12.4 Å². The number of anilines is 2. The molecular weight excluding hydrogens is 407 g/mol. The van der Waals surface area contributed by atoms with Crippen molar-refractivity contribution < 1.29 is 17.9 Å². The van der Waals surface area contributed by atoms with Crippen molar-refractivity contribution in [3.8, 4) is 17.1 Å². The summed E-state index contributed by atoms with van der Waals surface area (Å²) in [6.45, 7) is 0.315. The third-order valence-corrected chi connectivity index (χ3v) is 4.19. The van der Waals surface area contributed by atoms with E-state index in [2.05, 4.69) is 25.3 Å². The second-order valence-corrected chi connectivity index (χ2v) is 6.50. The molecule has 3 heterocycles. The number of nitrogens with zero attached hydrogens (tertiary/aromatic N) is 4. The zero-order valence-corrected chi connectivity index (χ0v) is 16.0. The predicted molar refractivity (Wildman–Crippen MR) is 109 cm³/mol. The summed E-state index contributed by atoms with van der Waals surface area (Å²) in [7, 11) is 0. The molecule has 9 heteroatoms. The highest BCUT2D eigenvalue weighted by Crippen LogP contribution is 2.31. The molecule has 0 spiro atoms. The molecule has 0 aliphatic carbocycles. The van der Waals surface area contributed by atoms with Crippen LogP contribution in [0.2, 0.25) is 0 Å². The number of rotatable bonds is 6. The number of hydrogen-bond acceptors (Lipinski definition) is 6. The van der Waals surface area contributed by atoms with Gasteiger partial charge < -0.3 is 10.1 Å². The lowest BCUT2D eigenvalue weighted by molar-refractivity contribution is -0.141. The Balaban J connectivity index is 1.58. The molecule has 4 aromatic rings. The fraction of sp³-hybridized carbons (Fsp3) is 0.0909. The Morgan fingerprint density at radius 1 is 0.871 bits per heavy atom. The summed E-state index contributed by atoms with van der Waals surface area (Å²) in [4.78, 5) is 15.8. The Bertz CT molecular complexity index is 1150. The van der Waals surface area contributed by atoms with Crippen molar-refractivity contribution in [3.63, 3.8) is 0 Å². The summed E-state index contributed by atoms with van der Waals surface area (Å²) in [5, 5.41) is 2.91. The van der Waals surface area contributed by atoms with Crippen LogP contribution in [0.3, 0.4) is 0 Å². The molecule has 0 saturated carbocycles. The van der Waals surface area contributed by atoms with Gasteiger partial charge in [-0.05, 0) is 30.3 Å². The SMILES string of the molecule is FC(F)(F)c1cc(Nc2cccc(OCc3cccnc3)c2)nc(-c2ccncc2)n1. The molecule has 31 heavy (non-hydrogen) atoms. The van der Waals surface area contributed by atoms with Crippen LogP contribution < -0.4 is 10.1 Å². The number of halogens is 3. The fourth-order valence-electron chi connectivity index (χ4n) is 2.75. The highest BCUT2D eigenvalue weighted by atomic mass is 19.4. The van der Waals surface area contributed by atoms with Crippen LogP contribution in [-0.2, 0) is 12.8 Å². The minimum atomic E-state index is -4.62. The minimum absolute atomic E-state index is 0.0125. The van der Waals surface area contributed by atoms with E-state index in [0.717, 1.165) is 11.6 Å². The van der Waals surface area contributed by atoms with E-state index in [0.29, 0.717) is 23.6 Å². The topological polar surface area (TPSA) is 72.8 Å². The molecule has 0 aliphatic heterocycles. The number of alkyl halides is 3. The molecule has 1 aromatic carbocycles. The number of aromatic nitrogens is 4. The van der Waals surface area contributed by atoms with Gasteiger partial charge in [-0.2, -0.15) is 13.2 Å². The van der Waals surface area contributed by atoms with Gasteiger partial charge in [0.25, 0.3) is 0 Å². The fourth-order valence-corrected chi connectivity index (χ4v) is 2.75. The summed E-state index contributed by atoms with van der Waals surface area (Å²) < 4.78 is 45.9. The van der Waals surface area contributed by atoms with Gasteiger partial charge in [0.1, 0.15) is 18.2 Å². The zero-order chi connectivity index (χ0) is 21.7. The molecule has 0 bridgehead atoms. The lowest BCUT2D eigenvalue weighted by Gasteiger charge is -2.13. The van der Waals surface area contributed by atoms with E-state index in [1.807, 2.05) is 12.1 Å². The van der Waals surface area contributed by atoms with Crippen LogP contribution in [0, 0.1) is 0 Å². The van der Waals surface area contributed by atoms with Gasteiger partial charge in [-0.3, -0.25) is 9.97 Å². The number of pyridine rings is 2. The van der Waals surface area contributed by atoms with Gasteiger partial charge in [-0.1, -0.05) is 12.1 Å². The largest absolute Gasteiger partial charge is 0.489 e. The molecule has 0 atom stereocenters. The van der Waals surface area contributed by atoms with Gasteiger partial charge in [0.05, 0.1) is 0 Å². The van der Waals surface area contributed by atoms with Crippen LogP contribution in [-0.4, -0.2) is 19.9 Å². The number of nitrogens with one attached hydrogen (secondary N) is 1. The highest BCUT2D eigenvalue weighted by Gasteiger charge is 2.33. The van der Waals surface area contributed by atoms with Crippen LogP contribution in [0.25, 0.3) is 11.4 Å².